The molecule has 0 saturated carbocycles. The lowest BCUT2D eigenvalue weighted by Gasteiger charge is -2.45. The van der Waals surface area contributed by atoms with E-state index in [0.29, 0.717) is 6.04 Å². The molecule has 0 radical (unpaired) electrons. The van der Waals surface area contributed by atoms with Crippen LogP contribution in [0, 0.1) is 0 Å². The molecule has 2 atom stereocenters. The van der Waals surface area contributed by atoms with Crippen molar-refractivity contribution < 1.29 is 10.2 Å². The Balaban J connectivity index is 1.93. The van der Waals surface area contributed by atoms with E-state index < -0.39 is 5.60 Å². The second-order valence-corrected chi connectivity index (χ2v) is 6.33. The van der Waals surface area contributed by atoms with Gasteiger partial charge in [-0.05, 0) is 51.7 Å². The van der Waals surface area contributed by atoms with Crippen molar-refractivity contribution >= 4 is 0 Å². The van der Waals surface area contributed by atoms with Crippen molar-refractivity contribution in [1.29, 1.82) is 0 Å². The first kappa shape index (κ1) is 15.2. The van der Waals surface area contributed by atoms with Crippen LogP contribution in [0.2, 0.25) is 0 Å². The number of likely N-dealkylation sites (N-methyl/N-ethyl adjacent to an activating group) is 1. The highest BCUT2D eigenvalue weighted by atomic mass is 16.3. The van der Waals surface area contributed by atoms with Crippen LogP contribution in [0.25, 0.3) is 0 Å². The Kier molecular flexibility index (Phi) is 5.63. The van der Waals surface area contributed by atoms with Crippen LogP contribution in [0.15, 0.2) is 0 Å². The lowest BCUT2D eigenvalue weighted by Crippen LogP contribution is -2.56. The van der Waals surface area contributed by atoms with Gasteiger partial charge in [0.25, 0.3) is 0 Å². The first-order valence-corrected chi connectivity index (χ1v) is 7.96. The van der Waals surface area contributed by atoms with Crippen LogP contribution < -0.4 is 0 Å². The van der Waals surface area contributed by atoms with Gasteiger partial charge in [-0.15, -0.1) is 0 Å². The fraction of sp³-hybridized carbons (Fsp3) is 1.00. The van der Waals surface area contributed by atoms with Crippen LogP contribution in [-0.4, -0.2) is 71.0 Å². The molecule has 2 fully saturated rings. The van der Waals surface area contributed by atoms with Crippen LogP contribution >= 0.6 is 0 Å². The maximum Gasteiger partial charge on any atom is 0.0900 e. The largest absolute Gasteiger partial charge is 0.396 e. The quantitative estimate of drug-likeness (QED) is 0.784. The van der Waals surface area contributed by atoms with Crippen LogP contribution in [-0.2, 0) is 0 Å². The van der Waals surface area contributed by atoms with Gasteiger partial charge < -0.3 is 15.1 Å². The molecular formula is C15H30N2O2. The van der Waals surface area contributed by atoms with E-state index in [1.807, 2.05) is 0 Å². The Bertz CT molecular complexity index is 273. The summed E-state index contributed by atoms with van der Waals surface area (Å²) < 4.78 is 0. The molecule has 0 amide bonds. The number of likely N-dealkylation sites (tertiary alicyclic amines) is 2. The highest BCUT2D eigenvalue weighted by Crippen LogP contribution is 2.27. The molecule has 0 spiro atoms. The van der Waals surface area contributed by atoms with E-state index in [-0.39, 0.29) is 6.61 Å². The number of aliphatic hydroxyl groups excluding tert-OH is 1. The maximum absolute atomic E-state index is 10.9. The molecule has 2 saturated heterocycles. The molecule has 0 unspecified atom stereocenters. The predicted octanol–water partition coefficient (Wildman–Crippen LogP) is 1.07. The average molecular weight is 270 g/mol. The van der Waals surface area contributed by atoms with Crippen molar-refractivity contribution in [1.82, 2.24) is 9.80 Å². The number of aliphatic hydroxyl groups is 2. The van der Waals surface area contributed by atoms with Crippen molar-refractivity contribution in [3.63, 3.8) is 0 Å². The first-order valence-electron chi connectivity index (χ1n) is 7.96. The van der Waals surface area contributed by atoms with Crippen LogP contribution in [0.4, 0.5) is 0 Å². The fourth-order valence-corrected chi connectivity index (χ4v) is 3.73. The van der Waals surface area contributed by atoms with Gasteiger partial charge in [0.15, 0.2) is 0 Å². The number of hydrogen-bond acceptors (Lipinski definition) is 4. The lowest BCUT2D eigenvalue weighted by molar-refractivity contribution is -0.0656. The summed E-state index contributed by atoms with van der Waals surface area (Å²) in [5.41, 5.74) is -0.542. The van der Waals surface area contributed by atoms with Gasteiger partial charge in [-0.2, -0.15) is 0 Å². The lowest BCUT2D eigenvalue weighted by atomic mass is 9.89. The van der Waals surface area contributed by atoms with Gasteiger partial charge in [-0.1, -0.05) is 13.3 Å². The molecule has 4 heteroatoms. The van der Waals surface area contributed by atoms with E-state index in [2.05, 4.69) is 16.7 Å². The summed E-state index contributed by atoms with van der Waals surface area (Å²) in [7, 11) is 0. The Morgan fingerprint density at radius 2 is 2.05 bits per heavy atom. The Labute approximate surface area is 117 Å². The molecular weight excluding hydrogens is 240 g/mol. The number of hydrogen-bond donors (Lipinski definition) is 2. The molecule has 4 nitrogen and oxygen atoms in total. The molecule has 2 aliphatic rings. The van der Waals surface area contributed by atoms with Gasteiger partial charge in [0.2, 0.25) is 0 Å². The van der Waals surface area contributed by atoms with Crippen molar-refractivity contribution in [2.45, 2.75) is 57.1 Å². The molecule has 0 bridgehead atoms. The number of rotatable bonds is 5. The maximum atomic E-state index is 10.9. The van der Waals surface area contributed by atoms with Crippen molar-refractivity contribution in [2.24, 2.45) is 0 Å². The van der Waals surface area contributed by atoms with Crippen molar-refractivity contribution in [2.75, 3.05) is 39.3 Å². The van der Waals surface area contributed by atoms with Gasteiger partial charge in [0, 0.05) is 25.7 Å². The number of β-amino-alcohol motifs (C(OH)–C–C–N with tert-alkyl or cyclic N) is 1. The van der Waals surface area contributed by atoms with Gasteiger partial charge in [-0.3, -0.25) is 4.90 Å². The van der Waals surface area contributed by atoms with E-state index in [1.54, 1.807) is 0 Å². The average Bonchev–Trinajstić information content (AvgIpc) is 2.41. The third-order valence-electron chi connectivity index (χ3n) is 4.79. The smallest absolute Gasteiger partial charge is 0.0900 e. The Hall–Kier alpha value is -0.160. The molecule has 2 heterocycles. The number of piperidine rings is 2. The zero-order valence-corrected chi connectivity index (χ0v) is 12.4. The molecule has 19 heavy (non-hydrogen) atoms. The minimum Gasteiger partial charge on any atom is -0.396 e. The molecule has 2 rings (SSSR count). The topological polar surface area (TPSA) is 46.9 Å². The molecule has 0 aromatic heterocycles. The van der Waals surface area contributed by atoms with Crippen LogP contribution in [0.5, 0.6) is 0 Å². The highest BCUT2D eigenvalue weighted by Gasteiger charge is 2.36. The van der Waals surface area contributed by atoms with Gasteiger partial charge in [-0.25, -0.2) is 0 Å². The summed E-state index contributed by atoms with van der Waals surface area (Å²) in [6.45, 7) is 7.27. The summed E-state index contributed by atoms with van der Waals surface area (Å²) in [5, 5.41) is 20.1. The standard InChI is InChI=1S/C15H30N2O2/c1-2-16-9-5-8-15(19,12-16)13-17-10-4-3-6-14(17)7-11-18/h14,18-19H,2-13H2,1H3/t14-,15+/m0/s1. The van der Waals surface area contributed by atoms with Crippen molar-refractivity contribution in [3.05, 3.63) is 0 Å². The summed E-state index contributed by atoms with van der Waals surface area (Å²) >= 11 is 0. The summed E-state index contributed by atoms with van der Waals surface area (Å²) in [4.78, 5) is 4.79. The highest BCUT2D eigenvalue weighted by molar-refractivity contribution is 4.92. The molecule has 0 aromatic rings. The Morgan fingerprint density at radius 3 is 2.79 bits per heavy atom. The molecule has 0 aliphatic carbocycles. The predicted molar refractivity (Wildman–Crippen MR) is 77.2 cm³/mol. The monoisotopic (exact) mass is 270 g/mol. The molecule has 2 N–H and O–H groups in total. The van der Waals surface area contributed by atoms with E-state index in [0.717, 1.165) is 52.0 Å². The van der Waals surface area contributed by atoms with Crippen LogP contribution in [0.3, 0.4) is 0 Å². The van der Waals surface area contributed by atoms with E-state index in [9.17, 15) is 10.2 Å². The Morgan fingerprint density at radius 1 is 1.21 bits per heavy atom. The third-order valence-corrected chi connectivity index (χ3v) is 4.79. The minimum absolute atomic E-state index is 0.265. The fourth-order valence-electron chi connectivity index (χ4n) is 3.73. The summed E-state index contributed by atoms with van der Waals surface area (Å²) in [5.74, 6) is 0. The van der Waals surface area contributed by atoms with E-state index >= 15 is 0 Å². The van der Waals surface area contributed by atoms with Crippen LogP contribution in [0.1, 0.15) is 45.4 Å². The zero-order chi connectivity index (χ0) is 13.7. The van der Waals surface area contributed by atoms with Gasteiger partial charge in [0.1, 0.15) is 0 Å². The molecule has 2 aliphatic heterocycles. The second kappa shape index (κ2) is 7.02. The second-order valence-electron chi connectivity index (χ2n) is 6.33. The first-order chi connectivity index (χ1) is 9.17. The zero-order valence-electron chi connectivity index (χ0n) is 12.4. The minimum atomic E-state index is -0.542. The van der Waals surface area contributed by atoms with E-state index in [1.165, 1.54) is 19.3 Å². The molecule has 0 aromatic carbocycles. The number of nitrogens with zero attached hydrogens (tertiary/aromatic N) is 2. The van der Waals surface area contributed by atoms with Gasteiger partial charge in [0.05, 0.1) is 5.60 Å². The van der Waals surface area contributed by atoms with Crippen molar-refractivity contribution in [3.8, 4) is 0 Å². The normalized spacial score (nSPS) is 34.6. The van der Waals surface area contributed by atoms with E-state index in [4.69, 9.17) is 0 Å². The van der Waals surface area contributed by atoms with Gasteiger partial charge >= 0.3 is 0 Å². The molecule has 112 valence electrons. The third kappa shape index (κ3) is 4.15. The summed E-state index contributed by atoms with van der Waals surface area (Å²) in [6, 6.07) is 0.472. The SMILES string of the molecule is CCN1CCC[C@](O)(CN2CCCC[C@H]2CCO)C1. The summed E-state index contributed by atoms with van der Waals surface area (Å²) in [6.07, 6.45) is 6.55.